The number of nitrogens with zero attached hydrogens (tertiary/aromatic N) is 1. The van der Waals surface area contributed by atoms with Crippen LogP contribution in [0.15, 0.2) is 24.3 Å². The van der Waals surface area contributed by atoms with Crippen molar-refractivity contribution in [3.05, 3.63) is 29.1 Å². The number of hydrogen-bond donors (Lipinski definition) is 2. The number of likely N-dealkylation sites (N-methyl/N-ethyl adjacent to an activating group) is 1. The van der Waals surface area contributed by atoms with Gasteiger partial charge in [-0.05, 0) is 43.2 Å². The van der Waals surface area contributed by atoms with Crippen LogP contribution in [0.3, 0.4) is 0 Å². The minimum Gasteiger partial charge on any atom is -0.399 e. The summed E-state index contributed by atoms with van der Waals surface area (Å²) in [5.74, 6) is -0.00993. The summed E-state index contributed by atoms with van der Waals surface area (Å²) in [5, 5.41) is 3.97. The van der Waals surface area contributed by atoms with Crippen molar-refractivity contribution in [2.24, 2.45) is 0 Å². The Balaban J connectivity index is 2.01. The predicted octanol–water partition coefficient (Wildman–Crippen LogP) is 2.17. The Labute approximate surface area is 117 Å². The summed E-state index contributed by atoms with van der Waals surface area (Å²) in [6.07, 6.45) is 0. The van der Waals surface area contributed by atoms with Gasteiger partial charge in [0.25, 0.3) is 5.91 Å². The van der Waals surface area contributed by atoms with Gasteiger partial charge in [-0.25, -0.2) is 0 Å². The fourth-order valence-corrected chi connectivity index (χ4v) is 2.74. The molecule has 19 heavy (non-hydrogen) atoms. The third-order valence-corrected chi connectivity index (χ3v) is 4.20. The van der Waals surface area contributed by atoms with Crippen molar-refractivity contribution in [2.45, 2.75) is 6.92 Å². The molecular weight excluding hydrogens is 258 g/mol. The zero-order chi connectivity index (χ0) is 13.8. The second-order valence-electron chi connectivity index (χ2n) is 4.56. The molecule has 2 aromatic rings. The predicted molar refractivity (Wildman–Crippen MR) is 81.7 cm³/mol. The van der Waals surface area contributed by atoms with E-state index in [2.05, 4.69) is 17.1 Å². The minimum atomic E-state index is -0.00993. The largest absolute Gasteiger partial charge is 0.399 e. The lowest BCUT2D eigenvalue weighted by Crippen LogP contribution is -2.32. The maximum atomic E-state index is 12.0. The number of carbonyl (C=O) groups excluding carboxylic acids is 1. The smallest absolute Gasteiger partial charge is 0.261 e. The van der Waals surface area contributed by atoms with Crippen LogP contribution < -0.4 is 11.1 Å². The van der Waals surface area contributed by atoms with Crippen molar-refractivity contribution >= 4 is 33.0 Å². The van der Waals surface area contributed by atoms with E-state index in [4.69, 9.17) is 5.73 Å². The maximum absolute atomic E-state index is 12.0. The van der Waals surface area contributed by atoms with Crippen LogP contribution in [0, 0.1) is 0 Å². The lowest BCUT2D eigenvalue weighted by Gasteiger charge is -2.13. The molecule has 0 bridgehead atoms. The highest BCUT2D eigenvalue weighted by Crippen LogP contribution is 2.27. The molecule has 1 aromatic heterocycles. The van der Waals surface area contributed by atoms with E-state index in [0.29, 0.717) is 6.54 Å². The highest BCUT2D eigenvalue weighted by atomic mass is 32.1. The van der Waals surface area contributed by atoms with Crippen LogP contribution >= 0.6 is 11.3 Å². The van der Waals surface area contributed by atoms with E-state index in [9.17, 15) is 4.79 Å². The number of rotatable bonds is 5. The first-order chi connectivity index (χ1) is 9.10. The highest BCUT2D eigenvalue weighted by molar-refractivity contribution is 7.20. The monoisotopic (exact) mass is 277 g/mol. The van der Waals surface area contributed by atoms with Crippen molar-refractivity contribution < 1.29 is 4.79 Å². The lowest BCUT2D eigenvalue weighted by atomic mass is 10.2. The molecule has 0 aliphatic heterocycles. The molecular formula is C14H19N3OS. The zero-order valence-corrected chi connectivity index (χ0v) is 12.1. The van der Waals surface area contributed by atoms with Gasteiger partial charge < -0.3 is 16.0 Å². The standard InChI is InChI=1S/C14H19N3OS/c1-3-17(2)7-6-16-14(18)13-9-10-8-11(15)4-5-12(10)19-13/h4-5,8-9H,3,6-7,15H2,1-2H3,(H,16,18). The topological polar surface area (TPSA) is 58.4 Å². The summed E-state index contributed by atoms with van der Waals surface area (Å²) in [4.78, 5) is 14.9. The number of nitrogens with two attached hydrogens (primary N) is 1. The van der Waals surface area contributed by atoms with E-state index in [-0.39, 0.29) is 5.91 Å². The number of nitrogens with one attached hydrogen (secondary N) is 1. The van der Waals surface area contributed by atoms with E-state index in [1.54, 1.807) is 0 Å². The average molecular weight is 277 g/mol. The van der Waals surface area contributed by atoms with Gasteiger partial charge >= 0.3 is 0 Å². The van der Waals surface area contributed by atoms with Gasteiger partial charge in [-0.15, -0.1) is 11.3 Å². The summed E-state index contributed by atoms with van der Waals surface area (Å²) in [6, 6.07) is 7.61. The first-order valence-corrected chi connectivity index (χ1v) is 7.17. The third-order valence-electron chi connectivity index (χ3n) is 3.08. The highest BCUT2D eigenvalue weighted by Gasteiger charge is 2.10. The number of thiophene rings is 1. The molecule has 1 aromatic carbocycles. The second kappa shape index (κ2) is 6.04. The number of fused-ring (bicyclic) bond motifs is 1. The molecule has 0 saturated heterocycles. The number of carbonyl (C=O) groups is 1. The van der Waals surface area contributed by atoms with Gasteiger partial charge in [-0.3, -0.25) is 4.79 Å². The number of amides is 1. The van der Waals surface area contributed by atoms with Gasteiger partial charge in [-0.1, -0.05) is 6.92 Å². The number of nitrogen functional groups attached to an aromatic ring is 1. The molecule has 5 heteroatoms. The molecule has 0 spiro atoms. The van der Waals surface area contributed by atoms with Crippen LogP contribution in [-0.2, 0) is 0 Å². The van der Waals surface area contributed by atoms with Crippen molar-refractivity contribution in [3.8, 4) is 0 Å². The van der Waals surface area contributed by atoms with Crippen LogP contribution in [0.1, 0.15) is 16.6 Å². The Bertz CT molecular complexity index is 579. The van der Waals surface area contributed by atoms with Gasteiger partial charge in [0.2, 0.25) is 0 Å². The van der Waals surface area contributed by atoms with E-state index >= 15 is 0 Å². The Morgan fingerprint density at radius 2 is 2.21 bits per heavy atom. The molecule has 0 unspecified atom stereocenters. The van der Waals surface area contributed by atoms with Crippen LogP contribution in [-0.4, -0.2) is 37.5 Å². The molecule has 4 nitrogen and oxygen atoms in total. The van der Waals surface area contributed by atoms with Crippen molar-refractivity contribution in [3.63, 3.8) is 0 Å². The molecule has 3 N–H and O–H groups in total. The quantitative estimate of drug-likeness (QED) is 0.823. The molecule has 0 atom stereocenters. The van der Waals surface area contributed by atoms with Crippen molar-refractivity contribution in [2.75, 3.05) is 32.4 Å². The summed E-state index contributed by atoms with van der Waals surface area (Å²) in [7, 11) is 2.04. The Morgan fingerprint density at radius 1 is 1.42 bits per heavy atom. The van der Waals surface area contributed by atoms with E-state index in [1.165, 1.54) is 11.3 Å². The first-order valence-electron chi connectivity index (χ1n) is 6.36. The molecule has 2 rings (SSSR count). The molecule has 1 heterocycles. The number of anilines is 1. The van der Waals surface area contributed by atoms with Gasteiger partial charge in [0.05, 0.1) is 4.88 Å². The van der Waals surface area contributed by atoms with Gasteiger partial charge in [0, 0.05) is 23.5 Å². The second-order valence-corrected chi connectivity index (χ2v) is 5.64. The van der Waals surface area contributed by atoms with Gasteiger partial charge in [0.15, 0.2) is 0 Å². The van der Waals surface area contributed by atoms with Crippen LogP contribution in [0.25, 0.3) is 10.1 Å². The van der Waals surface area contributed by atoms with Crippen LogP contribution in [0.2, 0.25) is 0 Å². The van der Waals surface area contributed by atoms with Crippen LogP contribution in [0.5, 0.6) is 0 Å². The third kappa shape index (κ3) is 3.45. The fourth-order valence-electron chi connectivity index (χ4n) is 1.78. The summed E-state index contributed by atoms with van der Waals surface area (Å²) < 4.78 is 1.09. The maximum Gasteiger partial charge on any atom is 0.261 e. The van der Waals surface area contributed by atoms with Crippen molar-refractivity contribution in [1.82, 2.24) is 10.2 Å². The van der Waals surface area contributed by atoms with E-state index in [1.807, 2.05) is 31.3 Å². The Hall–Kier alpha value is -1.59. The van der Waals surface area contributed by atoms with E-state index < -0.39 is 0 Å². The van der Waals surface area contributed by atoms with Gasteiger partial charge in [-0.2, -0.15) is 0 Å². The van der Waals surface area contributed by atoms with E-state index in [0.717, 1.165) is 33.7 Å². The SMILES string of the molecule is CCN(C)CCNC(=O)c1cc2cc(N)ccc2s1. The van der Waals surface area contributed by atoms with Crippen molar-refractivity contribution in [1.29, 1.82) is 0 Å². The zero-order valence-electron chi connectivity index (χ0n) is 11.3. The van der Waals surface area contributed by atoms with Crippen LogP contribution in [0.4, 0.5) is 5.69 Å². The van der Waals surface area contributed by atoms with Gasteiger partial charge in [0.1, 0.15) is 0 Å². The molecule has 0 aliphatic rings. The lowest BCUT2D eigenvalue weighted by molar-refractivity contribution is 0.0954. The number of benzene rings is 1. The Kier molecular flexibility index (Phi) is 4.39. The molecule has 0 saturated carbocycles. The molecule has 0 fully saturated rings. The summed E-state index contributed by atoms with van der Waals surface area (Å²) in [5.41, 5.74) is 6.46. The summed E-state index contributed by atoms with van der Waals surface area (Å²) in [6.45, 7) is 4.61. The summed E-state index contributed by atoms with van der Waals surface area (Å²) >= 11 is 1.50. The first kappa shape index (κ1) is 13.8. The Morgan fingerprint density at radius 3 is 2.95 bits per heavy atom. The number of hydrogen-bond acceptors (Lipinski definition) is 4. The minimum absolute atomic E-state index is 0.00993. The average Bonchev–Trinajstić information content (AvgIpc) is 2.81. The molecule has 102 valence electrons. The molecule has 0 radical (unpaired) electrons. The fraction of sp³-hybridized carbons (Fsp3) is 0.357. The molecule has 1 amide bonds. The normalized spacial score (nSPS) is 11.1. The molecule has 0 aliphatic carbocycles.